The van der Waals surface area contributed by atoms with Gasteiger partial charge in [-0.2, -0.15) is 18.3 Å². The van der Waals surface area contributed by atoms with E-state index in [0.29, 0.717) is 24.6 Å². The van der Waals surface area contributed by atoms with Gasteiger partial charge in [-0.3, -0.25) is 14.5 Å². The van der Waals surface area contributed by atoms with Crippen molar-refractivity contribution in [2.75, 3.05) is 18.5 Å². The van der Waals surface area contributed by atoms with Crippen LogP contribution < -0.4 is 10.2 Å². The number of rotatable bonds is 4. The highest BCUT2D eigenvalue weighted by molar-refractivity contribution is 6.00. The van der Waals surface area contributed by atoms with E-state index >= 15 is 0 Å². The van der Waals surface area contributed by atoms with E-state index in [2.05, 4.69) is 20.4 Å². The lowest BCUT2D eigenvalue weighted by Gasteiger charge is -2.10. The quantitative estimate of drug-likeness (QED) is 0.663. The number of aryl methyl sites for hydroxylation is 2. The molecule has 9 nitrogen and oxygen atoms in total. The maximum absolute atomic E-state index is 13.3. The first kappa shape index (κ1) is 21.5. The third kappa shape index (κ3) is 3.72. The molecule has 4 rings (SSSR count). The number of aromatic nitrogens is 5. The molecule has 3 aromatic rings. The molecular weight excluding hydrogens is 427 g/mol. The van der Waals surface area contributed by atoms with Gasteiger partial charge in [-0.25, -0.2) is 14.5 Å². The van der Waals surface area contributed by atoms with Crippen LogP contribution in [0.15, 0.2) is 12.3 Å². The Morgan fingerprint density at radius 1 is 1.25 bits per heavy atom. The number of imidazole rings is 2. The van der Waals surface area contributed by atoms with Crippen LogP contribution in [0.3, 0.4) is 0 Å². The second-order valence-electron chi connectivity index (χ2n) is 7.39. The largest absolute Gasteiger partial charge is 0.435 e. The van der Waals surface area contributed by atoms with E-state index in [9.17, 15) is 22.8 Å². The first-order valence-corrected chi connectivity index (χ1v) is 9.81. The van der Waals surface area contributed by atoms with E-state index in [4.69, 9.17) is 0 Å². The number of nitrogens with one attached hydrogen (secondary N) is 1. The molecule has 2 amide bonds. The lowest BCUT2D eigenvalue weighted by Crippen LogP contribution is -2.23. The van der Waals surface area contributed by atoms with Crippen molar-refractivity contribution in [1.82, 2.24) is 29.5 Å². The predicted octanol–water partition coefficient (Wildman–Crippen LogP) is 2.45. The van der Waals surface area contributed by atoms with Crippen molar-refractivity contribution in [3.05, 3.63) is 40.7 Å². The van der Waals surface area contributed by atoms with E-state index in [-0.39, 0.29) is 28.5 Å². The van der Waals surface area contributed by atoms with Crippen LogP contribution in [0.5, 0.6) is 0 Å². The number of nitrogens with zero attached hydrogens (tertiary/aromatic N) is 6. The van der Waals surface area contributed by atoms with Gasteiger partial charge in [-0.1, -0.05) is 0 Å². The highest BCUT2D eigenvalue weighted by atomic mass is 19.4. The van der Waals surface area contributed by atoms with E-state index < -0.39 is 17.8 Å². The number of anilines is 1. The van der Waals surface area contributed by atoms with Crippen LogP contribution in [-0.2, 0) is 18.0 Å². The summed E-state index contributed by atoms with van der Waals surface area (Å²) in [6.07, 6.45) is 1.46. The van der Waals surface area contributed by atoms with Gasteiger partial charge in [0.2, 0.25) is 5.91 Å². The van der Waals surface area contributed by atoms with Crippen molar-refractivity contribution in [3.63, 3.8) is 0 Å². The summed E-state index contributed by atoms with van der Waals surface area (Å²) in [5, 5.41) is 6.62. The first-order valence-electron chi connectivity index (χ1n) is 9.81. The number of hydrogen-bond acceptors (Lipinski definition) is 5. The Kier molecular flexibility index (Phi) is 5.23. The summed E-state index contributed by atoms with van der Waals surface area (Å²) in [7, 11) is 3.14. The summed E-state index contributed by atoms with van der Waals surface area (Å²) in [5.74, 6) is 0.473. The maximum atomic E-state index is 13.3. The SMILES string of the molecule is CNC(=O)c1cc(C=Cc2nc(N3CCCC3=O)cn2C)nn2c(C)c(C(F)(F)F)nc12. The Labute approximate surface area is 180 Å². The van der Waals surface area contributed by atoms with Crippen molar-refractivity contribution < 1.29 is 22.8 Å². The van der Waals surface area contributed by atoms with Gasteiger partial charge in [-0.15, -0.1) is 0 Å². The molecule has 0 radical (unpaired) electrons. The topological polar surface area (TPSA) is 97.4 Å². The molecule has 12 heteroatoms. The molecule has 0 spiro atoms. The monoisotopic (exact) mass is 447 g/mol. The molecule has 0 bridgehead atoms. The standard InChI is InChI=1S/C20H20F3N7O2/c1-11-17(20(21,22)23)26-18-13(19(32)24-2)9-12(27-30(11)18)6-7-14-25-15(10-28(14)3)29-8-4-5-16(29)31/h6-7,9-10H,4-5,8H2,1-3H3,(H,24,32). The number of carbonyl (C=O) groups is 2. The van der Waals surface area contributed by atoms with Crippen LogP contribution in [0.1, 0.15) is 46.1 Å². The molecule has 1 aliphatic heterocycles. The summed E-state index contributed by atoms with van der Waals surface area (Å²) in [6.45, 7) is 1.85. The molecule has 32 heavy (non-hydrogen) atoms. The van der Waals surface area contributed by atoms with Crippen LogP contribution in [0.4, 0.5) is 19.0 Å². The van der Waals surface area contributed by atoms with E-state index in [1.54, 1.807) is 28.8 Å². The molecule has 0 aliphatic carbocycles. The molecule has 4 heterocycles. The summed E-state index contributed by atoms with van der Waals surface area (Å²) in [5.41, 5.74) is -1.30. The third-order valence-electron chi connectivity index (χ3n) is 5.22. The van der Waals surface area contributed by atoms with Crippen molar-refractivity contribution in [3.8, 4) is 0 Å². The summed E-state index contributed by atoms with van der Waals surface area (Å²) < 4.78 is 42.7. The van der Waals surface area contributed by atoms with Gasteiger partial charge < -0.3 is 9.88 Å². The molecule has 0 aromatic carbocycles. The molecule has 1 saturated heterocycles. The van der Waals surface area contributed by atoms with Crippen molar-refractivity contribution in [1.29, 1.82) is 0 Å². The van der Waals surface area contributed by atoms with Crippen molar-refractivity contribution >= 4 is 35.4 Å². The zero-order valence-electron chi connectivity index (χ0n) is 17.6. The fourth-order valence-corrected chi connectivity index (χ4v) is 3.60. The van der Waals surface area contributed by atoms with Gasteiger partial charge in [0.1, 0.15) is 5.82 Å². The fraction of sp³-hybridized carbons (Fsp3) is 0.350. The number of fused-ring (bicyclic) bond motifs is 1. The molecule has 0 saturated carbocycles. The molecular formula is C20H20F3N7O2. The van der Waals surface area contributed by atoms with E-state index in [0.717, 1.165) is 10.9 Å². The Bertz CT molecular complexity index is 1260. The van der Waals surface area contributed by atoms with Gasteiger partial charge in [-0.05, 0) is 31.6 Å². The molecule has 1 aliphatic rings. The molecule has 0 atom stereocenters. The van der Waals surface area contributed by atoms with Crippen LogP contribution in [0.2, 0.25) is 0 Å². The first-order chi connectivity index (χ1) is 15.1. The van der Waals surface area contributed by atoms with Crippen molar-refractivity contribution in [2.45, 2.75) is 25.9 Å². The van der Waals surface area contributed by atoms with Crippen LogP contribution in [0, 0.1) is 6.92 Å². The lowest BCUT2D eigenvalue weighted by molar-refractivity contribution is -0.141. The van der Waals surface area contributed by atoms with Gasteiger partial charge >= 0.3 is 6.18 Å². The maximum Gasteiger partial charge on any atom is 0.435 e. The smallest absolute Gasteiger partial charge is 0.355 e. The molecule has 3 aromatic heterocycles. The number of alkyl halides is 3. The minimum atomic E-state index is -4.68. The third-order valence-corrected chi connectivity index (χ3v) is 5.22. The fourth-order valence-electron chi connectivity index (χ4n) is 3.60. The molecule has 1 N–H and O–H groups in total. The normalized spacial score (nSPS) is 14.8. The number of halogens is 3. The molecule has 1 fully saturated rings. The second kappa shape index (κ2) is 7.77. The van der Waals surface area contributed by atoms with Crippen LogP contribution in [-0.4, -0.2) is 49.6 Å². The minimum absolute atomic E-state index is 0.0111. The van der Waals surface area contributed by atoms with E-state index in [1.165, 1.54) is 26.1 Å². The number of amides is 2. The second-order valence-corrected chi connectivity index (χ2v) is 7.39. The van der Waals surface area contributed by atoms with Gasteiger partial charge in [0.25, 0.3) is 5.91 Å². The number of carbonyl (C=O) groups excluding carboxylic acids is 2. The van der Waals surface area contributed by atoms with Gasteiger partial charge in [0.05, 0.1) is 17.0 Å². The molecule has 0 unspecified atom stereocenters. The summed E-state index contributed by atoms with van der Waals surface area (Å²) in [4.78, 5) is 33.9. The minimum Gasteiger partial charge on any atom is -0.355 e. The number of hydrogen-bond donors (Lipinski definition) is 1. The Balaban J connectivity index is 1.76. The summed E-state index contributed by atoms with van der Waals surface area (Å²) in [6, 6.07) is 1.37. The van der Waals surface area contributed by atoms with Crippen molar-refractivity contribution in [2.24, 2.45) is 7.05 Å². The average molecular weight is 447 g/mol. The zero-order valence-corrected chi connectivity index (χ0v) is 17.6. The highest BCUT2D eigenvalue weighted by Gasteiger charge is 2.37. The highest BCUT2D eigenvalue weighted by Crippen LogP contribution is 2.32. The Hall–Kier alpha value is -3.70. The predicted molar refractivity (Wildman–Crippen MR) is 110 cm³/mol. The van der Waals surface area contributed by atoms with Crippen LogP contribution >= 0.6 is 0 Å². The van der Waals surface area contributed by atoms with Gasteiger partial charge in [0, 0.05) is 33.3 Å². The Morgan fingerprint density at radius 2 is 2.00 bits per heavy atom. The van der Waals surface area contributed by atoms with Gasteiger partial charge in [0.15, 0.2) is 17.2 Å². The average Bonchev–Trinajstić information content (AvgIpc) is 3.42. The Morgan fingerprint density at radius 3 is 2.62 bits per heavy atom. The lowest BCUT2D eigenvalue weighted by atomic mass is 10.2. The van der Waals surface area contributed by atoms with Crippen LogP contribution in [0.25, 0.3) is 17.8 Å². The summed E-state index contributed by atoms with van der Waals surface area (Å²) >= 11 is 0. The molecule has 168 valence electrons. The zero-order chi connectivity index (χ0) is 23.2. The van der Waals surface area contributed by atoms with E-state index in [1.807, 2.05) is 0 Å².